The van der Waals surface area contributed by atoms with Crippen LogP contribution in [0.2, 0.25) is 0 Å². The van der Waals surface area contributed by atoms with Gasteiger partial charge in [-0.15, -0.1) is 5.01 Å². The van der Waals surface area contributed by atoms with E-state index >= 15 is 0 Å². The third kappa shape index (κ3) is 8.24. The SMILES string of the molecule is C=CC(=O)N1CC[C@H]([N+](=O)N(C)[C@H](C(=O)N[C@H]2CN3CCC=C(C3)c3ccc4c(c3)c3c(n4CC)-c4cccnc4[C@@H](OC)C3C(C)(C)COC(=O)[C@@H]3CCCN(N3)C2=O)C(C)C)C1. The lowest BCUT2D eigenvalue weighted by Crippen LogP contribution is -2.64. The summed E-state index contributed by atoms with van der Waals surface area (Å²) in [5.74, 6) is -2.08. The molecule has 3 aromatic rings. The minimum absolute atomic E-state index is 0.0890. The van der Waals surface area contributed by atoms with Gasteiger partial charge in [0.2, 0.25) is 11.8 Å². The van der Waals surface area contributed by atoms with Crippen LogP contribution in [0.5, 0.6) is 0 Å². The Labute approximate surface area is 375 Å². The number of pyridine rings is 1. The van der Waals surface area contributed by atoms with E-state index in [4.69, 9.17) is 14.5 Å². The molecule has 7 atom stereocenters. The van der Waals surface area contributed by atoms with Crippen molar-refractivity contribution in [2.75, 3.05) is 60.0 Å². The fraction of sp³-hybridized carbons (Fsp3) is 0.562. The van der Waals surface area contributed by atoms with Crippen molar-refractivity contribution in [1.29, 1.82) is 0 Å². The van der Waals surface area contributed by atoms with E-state index in [1.54, 1.807) is 19.1 Å². The number of ether oxygens (including phenoxy) is 2. The van der Waals surface area contributed by atoms with Crippen molar-refractivity contribution in [3.8, 4) is 11.3 Å². The van der Waals surface area contributed by atoms with Crippen molar-refractivity contribution in [1.82, 2.24) is 40.1 Å². The zero-order valence-corrected chi connectivity index (χ0v) is 38.3. The molecule has 1 aliphatic carbocycles. The van der Waals surface area contributed by atoms with Crippen LogP contribution in [0.25, 0.3) is 27.7 Å². The second kappa shape index (κ2) is 18.2. The van der Waals surface area contributed by atoms with Crippen LogP contribution in [-0.4, -0.2) is 142 Å². The highest BCUT2D eigenvalue weighted by Gasteiger charge is 2.48. The van der Waals surface area contributed by atoms with Crippen LogP contribution in [0, 0.1) is 16.2 Å². The summed E-state index contributed by atoms with van der Waals surface area (Å²) in [6.07, 6.45) is 7.11. The first kappa shape index (κ1) is 45.1. The van der Waals surface area contributed by atoms with Gasteiger partial charge in [0, 0.05) is 86.8 Å². The van der Waals surface area contributed by atoms with Gasteiger partial charge in [-0.3, -0.25) is 34.1 Å². The second-order valence-electron chi connectivity index (χ2n) is 19.0. The number of aromatic nitrogens is 2. The maximum absolute atomic E-state index is 14.8. The van der Waals surface area contributed by atoms with Gasteiger partial charge >= 0.3 is 5.97 Å². The van der Waals surface area contributed by atoms with Crippen LogP contribution in [-0.2, 0) is 35.2 Å². The molecule has 2 aromatic heterocycles. The van der Waals surface area contributed by atoms with Gasteiger partial charge in [0.25, 0.3) is 11.9 Å². The molecule has 2 saturated heterocycles. The summed E-state index contributed by atoms with van der Waals surface area (Å²) in [4.78, 5) is 78.9. The Kier molecular flexibility index (Phi) is 12.8. The van der Waals surface area contributed by atoms with Crippen LogP contribution in [0.15, 0.2) is 55.3 Å². The molecule has 1 aromatic carbocycles. The quantitative estimate of drug-likeness (QED) is 0.134. The number of nitrogens with one attached hydrogen (secondary N) is 2. The second-order valence-corrected chi connectivity index (χ2v) is 19.0. The molecule has 342 valence electrons. The highest BCUT2D eigenvalue weighted by molar-refractivity contribution is 5.96. The fourth-order valence-electron chi connectivity index (χ4n) is 10.9. The highest BCUT2D eigenvalue weighted by atomic mass is 16.5. The number of carbonyl (C=O) groups excluding carboxylic acids is 4. The average Bonchev–Trinajstić information content (AvgIpc) is 3.92. The van der Waals surface area contributed by atoms with Gasteiger partial charge in [-0.2, -0.15) is 0 Å². The van der Waals surface area contributed by atoms with E-state index in [-0.39, 0.29) is 43.3 Å². The molecule has 0 spiro atoms. The Balaban J connectivity index is 1.16. The van der Waals surface area contributed by atoms with E-state index in [2.05, 4.69) is 77.9 Å². The van der Waals surface area contributed by atoms with Crippen LogP contribution < -0.4 is 10.7 Å². The molecule has 0 saturated carbocycles. The topological polar surface area (TPSA) is 162 Å². The molecule has 2 fully saturated rings. The Hall–Kier alpha value is -5.45. The lowest BCUT2D eigenvalue weighted by molar-refractivity contribution is -0.732. The molecular weight excluding hydrogens is 815 g/mol. The van der Waals surface area contributed by atoms with Crippen molar-refractivity contribution in [2.45, 2.75) is 103 Å². The maximum atomic E-state index is 14.8. The molecule has 6 heterocycles. The molecule has 3 amide bonds. The number of likely N-dealkylation sites (N-methyl/N-ethyl adjacent to an activating group) is 1. The van der Waals surface area contributed by atoms with Gasteiger partial charge in [-0.1, -0.05) is 46.4 Å². The Bertz CT molecular complexity index is 2370. The average molecular weight is 879 g/mol. The third-order valence-electron chi connectivity index (χ3n) is 14.0. The summed E-state index contributed by atoms with van der Waals surface area (Å²) in [6, 6.07) is 7.48. The lowest BCUT2D eigenvalue weighted by Gasteiger charge is -2.42. The number of amides is 3. The lowest BCUT2D eigenvalue weighted by atomic mass is 9.67. The molecule has 0 radical (unpaired) electrons. The zero-order chi connectivity index (χ0) is 45.6. The van der Waals surface area contributed by atoms with Crippen molar-refractivity contribution in [2.24, 2.45) is 11.3 Å². The van der Waals surface area contributed by atoms with Crippen molar-refractivity contribution < 1.29 is 33.5 Å². The minimum atomic E-state index is -1.01. The van der Waals surface area contributed by atoms with E-state index in [0.29, 0.717) is 45.4 Å². The number of hydrogen-bond acceptors (Lipinski definition) is 10. The molecule has 64 heavy (non-hydrogen) atoms. The van der Waals surface area contributed by atoms with E-state index in [0.717, 1.165) is 62.4 Å². The van der Waals surface area contributed by atoms with E-state index < -0.39 is 47.6 Å². The van der Waals surface area contributed by atoms with E-state index in [9.17, 15) is 24.1 Å². The number of benzene rings is 1. The van der Waals surface area contributed by atoms with E-state index in [1.807, 2.05) is 26.1 Å². The van der Waals surface area contributed by atoms with E-state index in [1.165, 1.54) is 16.1 Å². The molecule has 4 aliphatic heterocycles. The van der Waals surface area contributed by atoms with Crippen LogP contribution in [0.3, 0.4) is 0 Å². The molecule has 8 rings (SSSR count). The smallest absolute Gasteiger partial charge is 0.324 e. The molecule has 6 bridgehead atoms. The summed E-state index contributed by atoms with van der Waals surface area (Å²) in [7, 11) is 3.31. The number of nitroso groups, excluding NO2 is 1. The predicted molar refractivity (Wildman–Crippen MR) is 242 cm³/mol. The van der Waals surface area contributed by atoms with Crippen LogP contribution in [0.1, 0.15) is 89.1 Å². The summed E-state index contributed by atoms with van der Waals surface area (Å²) in [5, 5.41) is 7.03. The van der Waals surface area contributed by atoms with Crippen LogP contribution >= 0.6 is 0 Å². The number of likely N-dealkylation sites (tertiary alicyclic amines) is 1. The number of carbonyl (C=O) groups is 4. The number of methoxy groups -OCH3 is 1. The number of cyclic esters (lactones) is 1. The summed E-state index contributed by atoms with van der Waals surface area (Å²) in [5.41, 5.74) is 9.97. The molecular formula is C48H64N9O7+. The normalized spacial score (nSPS) is 26.1. The first-order chi connectivity index (χ1) is 30.7. The molecule has 2 unspecified atom stereocenters. The maximum Gasteiger partial charge on any atom is 0.324 e. The monoisotopic (exact) mass is 878 g/mol. The number of aryl methyl sites for hydroxylation is 1. The Morgan fingerprint density at radius 3 is 2.69 bits per heavy atom. The zero-order valence-electron chi connectivity index (χ0n) is 38.3. The number of rotatable bonds is 9. The van der Waals surface area contributed by atoms with Gasteiger partial charge < -0.3 is 24.3 Å². The number of hydrazine groups is 2. The molecule has 5 aliphatic rings. The Morgan fingerprint density at radius 1 is 1.16 bits per heavy atom. The fourth-order valence-corrected chi connectivity index (χ4v) is 10.9. The predicted octanol–water partition coefficient (Wildman–Crippen LogP) is 4.60. The van der Waals surface area contributed by atoms with Crippen molar-refractivity contribution >= 4 is 40.2 Å². The Morgan fingerprint density at radius 2 is 1.95 bits per heavy atom. The molecule has 16 heteroatoms. The van der Waals surface area contributed by atoms with Crippen molar-refractivity contribution in [3.05, 3.63) is 77.0 Å². The summed E-state index contributed by atoms with van der Waals surface area (Å²) >= 11 is 0. The van der Waals surface area contributed by atoms with Gasteiger partial charge in [0.15, 0.2) is 6.04 Å². The van der Waals surface area contributed by atoms with Gasteiger partial charge in [-0.25, -0.2) is 5.43 Å². The third-order valence-corrected chi connectivity index (χ3v) is 14.0. The summed E-state index contributed by atoms with van der Waals surface area (Å²) in [6.45, 7) is 16.9. The van der Waals surface area contributed by atoms with Gasteiger partial charge in [0.1, 0.15) is 23.1 Å². The van der Waals surface area contributed by atoms with Crippen LogP contribution in [0.4, 0.5) is 0 Å². The van der Waals surface area contributed by atoms with Crippen molar-refractivity contribution in [3.63, 3.8) is 0 Å². The minimum Gasteiger partial charge on any atom is -0.464 e. The molecule has 2 N–H and O–H groups in total. The molecule has 16 nitrogen and oxygen atoms in total. The van der Waals surface area contributed by atoms with Gasteiger partial charge in [0.05, 0.1) is 36.5 Å². The number of esters is 1. The summed E-state index contributed by atoms with van der Waals surface area (Å²) < 4.78 is 15.0. The largest absolute Gasteiger partial charge is 0.464 e. The highest BCUT2D eigenvalue weighted by Crippen LogP contribution is 2.57. The first-order valence-electron chi connectivity index (χ1n) is 22.9. The first-order valence-corrected chi connectivity index (χ1v) is 22.9. The number of fused-ring (bicyclic) bond motifs is 8. The number of nitrogens with zero attached hydrogens (tertiary/aromatic N) is 7. The standard InChI is InChI=1S/C48H63N9O7/c1-9-38(58)54-23-19-32(26-54)57(62)52(7)42(29(3)4)45(59)50-36-27-53-21-12-14-31(25-53)30-17-18-37-34(24-30)39-40(44(63-8)41-33(15-11-20-49-41)43(39)55(37)10-2)48(5,6)28-64-47(61)35-16-13-22-56(51-35)46(36)60/h9,11,14-15,17-18,20,24,29,32,35-36,40,42,44,51H,1,10,12-13,16,19,21-23,25-28H2,2-8H3/p+1/t32-,35-,36-,40?,42-,44-/m0/s1. The number of hydrogen-bond donors (Lipinski definition) is 2. The van der Waals surface area contributed by atoms with Gasteiger partial charge in [-0.05, 0) is 79.1 Å².